The molecule has 2 saturated heterocycles. The molecular weight excluding hydrogens is 400 g/mol. The number of sulfonamides is 1. The zero-order chi connectivity index (χ0) is 21.2. The fourth-order valence-corrected chi connectivity index (χ4v) is 4.78. The quantitative estimate of drug-likeness (QED) is 0.508. The van der Waals surface area contributed by atoms with Crippen LogP contribution in [0.5, 0.6) is 0 Å². The Kier molecular flexibility index (Phi) is 8.72. The summed E-state index contributed by atoms with van der Waals surface area (Å²) in [7, 11) is -1.59. The number of likely N-dealkylation sites (tertiary alicyclic amines) is 1. The molecule has 0 bridgehead atoms. The summed E-state index contributed by atoms with van der Waals surface area (Å²) in [6.45, 7) is 3.17. The number of rotatable bonds is 7. The van der Waals surface area contributed by atoms with E-state index in [1.165, 1.54) is 11.1 Å². The summed E-state index contributed by atoms with van der Waals surface area (Å²) >= 11 is 0. The van der Waals surface area contributed by atoms with E-state index in [2.05, 4.69) is 50.3 Å². The van der Waals surface area contributed by atoms with Crippen LogP contribution < -0.4 is 10.0 Å². The zero-order valence-corrected chi connectivity index (χ0v) is 18.7. The van der Waals surface area contributed by atoms with Crippen LogP contribution in [0, 0.1) is 0 Å². The molecule has 2 aliphatic rings. The molecule has 0 spiro atoms. The molecule has 0 radical (unpaired) electrons. The van der Waals surface area contributed by atoms with E-state index in [1.54, 1.807) is 7.05 Å². The van der Waals surface area contributed by atoms with Crippen molar-refractivity contribution in [3.63, 3.8) is 0 Å². The van der Waals surface area contributed by atoms with Gasteiger partial charge in [-0.25, -0.2) is 13.1 Å². The Morgan fingerprint density at radius 1 is 1.23 bits per heavy atom. The van der Waals surface area contributed by atoms with Crippen LogP contribution in [0.25, 0.3) is 6.08 Å². The maximum atomic E-state index is 12.3. The second kappa shape index (κ2) is 11.5. The molecule has 2 aliphatic heterocycles. The van der Waals surface area contributed by atoms with E-state index in [1.807, 2.05) is 6.07 Å². The molecule has 0 aliphatic carbocycles. The van der Waals surface area contributed by atoms with Crippen molar-refractivity contribution in [1.29, 1.82) is 0 Å². The van der Waals surface area contributed by atoms with E-state index < -0.39 is 10.0 Å². The van der Waals surface area contributed by atoms with Crippen LogP contribution in [0.4, 0.5) is 0 Å². The smallest absolute Gasteiger partial charge is 0.213 e. The fourth-order valence-electron chi connectivity index (χ4n) is 3.82. The summed E-state index contributed by atoms with van der Waals surface area (Å²) < 4.78 is 32.8. The number of hydrogen-bond acceptors (Lipinski definition) is 4. The minimum Gasteiger partial charge on any atom is -0.377 e. The van der Waals surface area contributed by atoms with Gasteiger partial charge in [0.25, 0.3) is 0 Å². The molecule has 0 aromatic heterocycles. The molecule has 0 saturated carbocycles. The van der Waals surface area contributed by atoms with E-state index in [0.717, 1.165) is 57.8 Å². The number of benzene rings is 1. The molecule has 0 amide bonds. The highest BCUT2D eigenvalue weighted by molar-refractivity contribution is 7.89. The van der Waals surface area contributed by atoms with Gasteiger partial charge in [0, 0.05) is 39.8 Å². The normalized spacial score (nSPS) is 20.8. The summed E-state index contributed by atoms with van der Waals surface area (Å²) in [6, 6.07) is 10.4. The Morgan fingerprint density at radius 2 is 2.00 bits per heavy atom. The Labute approximate surface area is 180 Å². The van der Waals surface area contributed by atoms with Gasteiger partial charge in [0.15, 0.2) is 5.96 Å². The molecule has 3 rings (SSSR count). The number of aliphatic imine (C=N–C) groups is 1. The van der Waals surface area contributed by atoms with E-state index in [-0.39, 0.29) is 11.9 Å². The van der Waals surface area contributed by atoms with Crippen molar-refractivity contribution >= 4 is 22.1 Å². The van der Waals surface area contributed by atoms with Crippen molar-refractivity contribution in [2.75, 3.05) is 45.6 Å². The number of guanidine groups is 1. The van der Waals surface area contributed by atoms with Gasteiger partial charge in [-0.2, -0.15) is 0 Å². The molecule has 2 N–H and O–H groups in total. The molecule has 2 heterocycles. The van der Waals surface area contributed by atoms with E-state index >= 15 is 0 Å². The van der Waals surface area contributed by atoms with Crippen molar-refractivity contribution in [1.82, 2.24) is 14.9 Å². The predicted octanol–water partition coefficient (Wildman–Crippen LogP) is 2.23. The standard InChI is InChI=1S/C22H34N4O3S/c1-23-22(24-12-16-30(27,28)25-18-21-9-5-6-15-29-21)26-13-10-20(11-14-26)17-19-7-3-2-4-8-19/h2-4,7-8,17,21,25H,5-6,9-16,18H2,1H3,(H,23,24). The molecule has 8 heteroatoms. The highest BCUT2D eigenvalue weighted by Crippen LogP contribution is 2.19. The van der Waals surface area contributed by atoms with Gasteiger partial charge in [-0.3, -0.25) is 4.99 Å². The molecule has 7 nitrogen and oxygen atoms in total. The minimum absolute atomic E-state index is 0.000681. The lowest BCUT2D eigenvalue weighted by molar-refractivity contribution is 0.0200. The topological polar surface area (TPSA) is 83.0 Å². The molecule has 166 valence electrons. The van der Waals surface area contributed by atoms with Gasteiger partial charge in [0.05, 0.1) is 11.9 Å². The lowest BCUT2D eigenvalue weighted by Crippen LogP contribution is -2.46. The SMILES string of the molecule is CN=C(NCCS(=O)(=O)NCC1CCCCO1)N1CCC(=Cc2ccccc2)CC1. The molecule has 1 aromatic rings. The first kappa shape index (κ1) is 22.8. The van der Waals surface area contributed by atoms with Crippen molar-refractivity contribution in [3.05, 3.63) is 41.5 Å². The van der Waals surface area contributed by atoms with Gasteiger partial charge in [0.2, 0.25) is 10.0 Å². The number of nitrogens with one attached hydrogen (secondary N) is 2. The van der Waals surface area contributed by atoms with Crippen LogP contribution >= 0.6 is 0 Å². The van der Waals surface area contributed by atoms with E-state index in [0.29, 0.717) is 13.1 Å². The zero-order valence-electron chi connectivity index (χ0n) is 17.8. The van der Waals surface area contributed by atoms with Crippen LogP contribution in [0.3, 0.4) is 0 Å². The molecular formula is C22H34N4O3S. The van der Waals surface area contributed by atoms with E-state index in [9.17, 15) is 8.42 Å². The Hall–Kier alpha value is -1.90. The van der Waals surface area contributed by atoms with Gasteiger partial charge in [-0.05, 0) is 37.7 Å². The lowest BCUT2D eigenvalue weighted by atomic mass is 10.0. The second-order valence-corrected chi connectivity index (χ2v) is 9.76. The molecule has 2 fully saturated rings. The van der Waals surface area contributed by atoms with Gasteiger partial charge in [0.1, 0.15) is 0 Å². The third-order valence-corrected chi connectivity index (χ3v) is 6.89. The number of hydrogen-bond donors (Lipinski definition) is 2. The summed E-state index contributed by atoms with van der Waals surface area (Å²) in [6.07, 6.45) is 7.31. The van der Waals surface area contributed by atoms with Crippen molar-refractivity contribution in [2.45, 2.75) is 38.2 Å². The van der Waals surface area contributed by atoms with Gasteiger partial charge >= 0.3 is 0 Å². The average Bonchev–Trinajstić information content (AvgIpc) is 2.78. The maximum Gasteiger partial charge on any atom is 0.213 e. The largest absolute Gasteiger partial charge is 0.377 e. The van der Waals surface area contributed by atoms with Crippen LogP contribution in [-0.2, 0) is 14.8 Å². The maximum absolute atomic E-state index is 12.3. The van der Waals surface area contributed by atoms with Crippen molar-refractivity contribution < 1.29 is 13.2 Å². The highest BCUT2D eigenvalue weighted by Gasteiger charge is 2.20. The molecule has 1 atom stereocenters. The van der Waals surface area contributed by atoms with E-state index in [4.69, 9.17) is 4.74 Å². The summed E-state index contributed by atoms with van der Waals surface area (Å²) in [5.41, 5.74) is 2.67. The molecule has 30 heavy (non-hydrogen) atoms. The third kappa shape index (κ3) is 7.41. The third-order valence-electron chi connectivity index (χ3n) is 5.55. The molecule has 1 unspecified atom stereocenters. The minimum atomic E-state index is -3.33. The summed E-state index contributed by atoms with van der Waals surface area (Å²) in [5.74, 6) is 0.783. The van der Waals surface area contributed by atoms with Crippen LogP contribution in [0.1, 0.15) is 37.7 Å². The molecule has 1 aromatic carbocycles. The Bertz CT molecular complexity index is 808. The van der Waals surface area contributed by atoms with Gasteiger partial charge < -0.3 is 15.0 Å². The highest BCUT2D eigenvalue weighted by atomic mass is 32.2. The second-order valence-electron chi connectivity index (χ2n) is 7.83. The van der Waals surface area contributed by atoms with Crippen LogP contribution in [0.15, 0.2) is 40.9 Å². The predicted molar refractivity (Wildman–Crippen MR) is 122 cm³/mol. The summed E-state index contributed by atoms with van der Waals surface area (Å²) in [5, 5.41) is 3.20. The number of ether oxygens (including phenoxy) is 1. The van der Waals surface area contributed by atoms with Crippen LogP contribution in [-0.4, -0.2) is 71.0 Å². The first-order valence-electron chi connectivity index (χ1n) is 10.8. The first-order chi connectivity index (χ1) is 14.6. The Balaban J connectivity index is 1.40. The number of piperidine rings is 1. The Morgan fingerprint density at radius 3 is 2.67 bits per heavy atom. The monoisotopic (exact) mass is 434 g/mol. The lowest BCUT2D eigenvalue weighted by Gasteiger charge is -2.31. The van der Waals surface area contributed by atoms with Gasteiger partial charge in [-0.1, -0.05) is 42.0 Å². The summed E-state index contributed by atoms with van der Waals surface area (Å²) in [4.78, 5) is 6.53. The van der Waals surface area contributed by atoms with Crippen molar-refractivity contribution in [2.24, 2.45) is 4.99 Å². The number of nitrogens with zero attached hydrogens (tertiary/aromatic N) is 2. The fraction of sp³-hybridized carbons (Fsp3) is 0.591. The van der Waals surface area contributed by atoms with Gasteiger partial charge in [-0.15, -0.1) is 0 Å². The average molecular weight is 435 g/mol. The van der Waals surface area contributed by atoms with Crippen molar-refractivity contribution in [3.8, 4) is 0 Å². The first-order valence-corrected chi connectivity index (χ1v) is 12.5. The van der Waals surface area contributed by atoms with Crippen LogP contribution in [0.2, 0.25) is 0 Å².